The lowest BCUT2D eigenvalue weighted by molar-refractivity contribution is -0.131. The molecule has 0 radical (unpaired) electrons. The lowest BCUT2D eigenvalue weighted by Crippen LogP contribution is -2.33. The Kier molecular flexibility index (Phi) is 6.08. The smallest absolute Gasteiger partial charge is 0.275 e. The second-order valence-electron chi connectivity index (χ2n) is 6.51. The van der Waals surface area contributed by atoms with Crippen molar-refractivity contribution in [2.75, 3.05) is 19.7 Å². The molecule has 0 bridgehead atoms. The zero-order chi connectivity index (χ0) is 21.1. The number of nitrogens with zero attached hydrogens (tertiary/aromatic N) is 7. The predicted octanol–water partition coefficient (Wildman–Crippen LogP) is 1.69. The quantitative estimate of drug-likeness (QED) is 0.352. The molecular formula is C19H20IN7O3. The summed E-state index contributed by atoms with van der Waals surface area (Å²) >= 11 is 2.13. The molecule has 0 fully saturated rings. The number of fused-ring (bicyclic) bond motifs is 2. The number of aromatic nitrogens is 6. The number of carbonyl (C=O) groups is 1. The molecule has 3 aromatic heterocycles. The third-order valence-electron chi connectivity index (χ3n) is 4.71. The summed E-state index contributed by atoms with van der Waals surface area (Å²) in [6, 6.07) is 7.48. The van der Waals surface area contributed by atoms with E-state index in [0.29, 0.717) is 41.0 Å². The molecule has 3 heterocycles. The van der Waals surface area contributed by atoms with Crippen LogP contribution < -0.4 is 4.84 Å². The summed E-state index contributed by atoms with van der Waals surface area (Å²) in [5.41, 5.74) is 2.14. The minimum Gasteiger partial charge on any atom is -0.395 e. The minimum atomic E-state index is -0.0485. The molecule has 0 aliphatic rings. The van der Waals surface area contributed by atoms with Crippen molar-refractivity contribution in [3.05, 3.63) is 46.2 Å². The van der Waals surface area contributed by atoms with Gasteiger partial charge in [0.2, 0.25) is 5.91 Å². The predicted molar refractivity (Wildman–Crippen MR) is 117 cm³/mol. The van der Waals surface area contributed by atoms with Crippen molar-refractivity contribution >= 4 is 45.0 Å². The molecule has 10 nitrogen and oxygen atoms in total. The van der Waals surface area contributed by atoms with Crippen LogP contribution in [0.15, 0.2) is 36.7 Å². The number of aryl methyl sites for hydroxylation is 1. The van der Waals surface area contributed by atoms with Crippen LogP contribution in [0.2, 0.25) is 0 Å². The van der Waals surface area contributed by atoms with Gasteiger partial charge in [0.05, 0.1) is 6.61 Å². The van der Waals surface area contributed by atoms with Crippen LogP contribution in [-0.2, 0) is 11.2 Å². The standard InChI is InChI=1S/C19H20IN7O3/c1-2-25(11-12-28)16(29)8-7-15-22-18(20)17-19(21-9-10-26(15)17)30-27-14-6-4-3-5-13(14)23-24-27/h3-6,9-10,28H,2,7-8,11-12H2,1H3. The van der Waals surface area contributed by atoms with Gasteiger partial charge >= 0.3 is 0 Å². The number of amides is 1. The van der Waals surface area contributed by atoms with Crippen LogP contribution in [-0.4, -0.2) is 65.1 Å². The van der Waals surface area contributed by atoms with Gasteiger partial charge in [0.15, 0.2) is 0 Å². The average Bonchev–Trinajstić information content (AvgIpc) is 3.32. The van der Waals surface area contributed by atoms with E-state index in [9.17, 15) is 4.79 Å². The molecule has 0 atom stereocenters. The molecule has 0 aliphatic heterocycles. The van der Waals surface area contributed by atoms with E-state index in [1.165, 1.54) is 4.85 Å². The Morgan fingerprint density at radius 2 is 2.17 bits per heavy atom. The number of imidazole rings is 1. The monoisotopic (exact) mass is 521 g/mol. The Morgan fingerprint density at radius 1 is 1.33 bits per heavy atom. The molecule has 0 saturated carbocycles. The van der Waals surface area contributed by atoms with Crippen LogP contribution in [0.4, 0.5) is 0 Å². The lowest BCUT2D eigenvalue weighted by Gasteiger charge is -2.19. The Balaban J connectivity index is 1.60. The van der Waals surface area contributed by atoms with Crippen molar-refractivity contribution in [1.29, 1.82) is 0 Å². The summed E-state index contributed by atoms with van der Waals surface area (Å²) in [5, 5.41) is 17.2. The first-order chi connectivity index (χ1) is 14.6. The molecular weight excluding hydrogens is 501 g/mol. The number of benzene rings is 1. The van der Waals surface area contributed by atoms with Gasteiger partial charge in [-0.3, -0.25) is 9.20 Å². The number of hydrogen-bond donors (Lipinski definition) is 1. The highest BCUT2D eigenvalue weighted by atomic mass is 127. The van der Waals surface area contributed by atoms with Crippen LogP contribution in [0.1, 0.15) is 19.2 Å². The number of aliphatic hydroxyl groups is 1. The van der Waals surface area contributed by atoms with E-state index >= 15 is 0 Å². The number of carbonyl (C=O) groups excluding carboxylic acids is 1. The van der Waals surface area contributed by atoms with Crippen LogP contribution in [0, 0.1) is 3.70 Å². The largest absolute Gasteiger partial charge is 0.395 e. The summed E-state index contributed by atoms with van der Waals surface area (Å²) in [6.07, 6.45) is 4.17. The van der Waals surface area contributed by atoms with Gasteiger partial charge in [-0.2, -0.15) is 0 Å². The normalized spacial score (nSPS) is 11.3. The topological polar surface area (TPSA) is 111 Å². The maximum atomic E-state index is 12.4. The van der Waals surface area contributed by atoms with Gasteiger partial charge < -0.3 is 14.8 Å². The lowest BCUT2D eigenvalue weighted by atomic mass is 10.2. The molecule has 0 unspecified atom stereocenters. The maximum absolute atomic E-state index is 12.4. The zero-order valence-corrected chi connectivity index (χ0v) is 18.4. The summed E-state index contributed by atoms with van der Waals surface area (Å²) < 4.78 is 2.59. The van der Waals surface area contributed by atoms with Crippen LogP contribution in [0.3, 0.4) is 0 Å². The van der Waals surface area contributed by atoms with E-state index in [0.717, 1.165) is 16.9 Å². The number of para-hydroxylation sites is 1. The van der Waals surface area contributed by atoms with Gasteiger partial charge in [-0.25, -0.2) is 9.97 Å². The summed E-state index contributed by atoms with van der Waals surface area (Å²) in [6.45, 7) is 2.74. The Bertz CT molecular complexity index is 1190. The highest BCUT2D eigenvalue weighted by Gasteiger charge is 2.19. The van der Waals surface area contributed by atoms with Gasteiger partial charge in [-0.05, 0) is 46.9 Å². The van der Waals surface area contributed by atoms with E-state index in [1.807, 2.05) is 35.6 Å². The van der Waals surface area contributed by atoms with Crippen molar-refractivity contribution in [3.8, 4) is 5.88 Å². The Hall–Kier alpha value is -2.80. The second kappa shape index (κ2) is 8.92. The Morgan fingerprint density at radius 3 is 2.97 bits per heavy atom. The molecule has 11 heteroatoms. The molecule has 0 aliphatic carbocycles. The number of rotatable bonds is 8. The van der Waals surface area contributed by atoms with Crippen LogP contribution in [0.5, 0.6) is 5.88 Å². The molecule has 4 rings (SSSR count). The fourth-order valence-corrected chi connectivity index (χ4v) is 3.99. The van der Waals surface area contributed by atoms with Crippen molar-refractivity contribution in [1.82, 2.24) is 34.4 Å². The third kappa shape index (κ3) is 3.94. The van der Waals surface area contributed by atoms with Gasteiger partial charge in [0, 0.05) is 38.3 Å². The number of likely N-dealkylation sites (N-methyl/N-ethyl adjacent to an activating group) is 1. The fourth-order valence-electron chi connectivity index (χ4n) is 3.23. The van der Waals surface area contributed by atoms with E-state index < -0.39 is 0 Å². The molecule has 30 heavy (non-hydrogen) atoms. The van der Waals surface area contributed by atoms with Crippen molar-refractivity contribution in [2.24, 2.45) is 0 Å². The second-order valence-corrected chi connectivity index (χ2v) is 7.53. The third-order valence-corrected chi connectivity index (χ3v) is 5.47. The minimum absolute atomic E-state index is 0.0158. The fraction of sp³-hybridized carbons (Fsp3) is 0.316. The van der Waals surface area contributed by atoms with E-state index in [4.69, 9.17) is 9.94 Å². The summed E-state index contributed by atoms with van der Waals surface area (Å²) in [7, 11) is 0. The van der Waals surface area contributed by atoms with Crippen LogP contribution in [0.25, 0.3) is 16.6 Å². The number of hydrogen-bond acceptors (Lipinski definition) is 7. The highest BCUT2D eigenvalue weighted by molar-refractivity contribution is 14.1. The van der Waals surface area contributed by atoms with Crippen LogP contribution >= 0.6 is 22.6 Å². The molecule has 4 aromatic rings. The average molecular weight is 521 g/mol. The molecule has 156 valence electrons. The molecule has 1 aromatic carbocycles. The highest BCUT2D eigenvalue weighted by Crippen LogP contribution is 2.25. The van der Waals surface area contributed by atoms with Gasteiger partial charge in [0.25, 0.3) is 5.88 Å². The summed E-state index contributed by atoms with van der Waals surface area (Å²) in [4.78, 5) is 30.2. The molecule has 1 amide bonds. The zero-order valence-electron chi connectivity index (χ0n) is 16.3. The summed E-state index contributed by atoms with van der Waals surface area (Å²) in [5.74, 6) is 1.06. The van der Waals surface area contributed by atoms with E-state index in [1.54, 1.807) is 17.3 Å². The first-order valence-electron chi connectivity index (χ1n) is 9.51. The SMILES string of the molecule is CCN(CCO)C(=O)CCc1nc(I)c2c(On3nnc4ccccc43)nccn12. The molecule has 1 N–H and O–H groups in total. The van der Waals surface area contributed by atoms with Crippen molar-refractivity contribution in [2.45, 2.75) is 19.8 Å². The number of halogens is 1. The molecule has 0 spiro atoms. The van der Waals surface area contributed by atoms with E-state index in [2.05, 4.69) is 42.9 Å². The first-order valence-corrected chi connectivity index (χ1v) is 10.6. The van der Waals surface area contributed by atoms with Gasteiger partial charge in [-0.1, -0.05) is 17.0 Å². The van der Waals surface area contributed by atoms with E-state index in [-0.39, 0.29) is 12.5 Å². The molecule has 0 saturated heterocycles. The first kappa shape index (κ1) is 20.5. The van der Waals surface area contributed by atoms with Gasteiger partial charge in [0.1, 0.15) is 26.1 Å². The van der Waals surface area contributed by atoms with Crippen molar-refractivity contribution < 1.29 is 14.7 Å². The maximum Gasteiger partial charge on any atom is 0.275 e. The van der Waals surface area contributed by atoms with Crippen molar-refractivity contribution in [3.63, 3.8) is 0 Å². The van der Waals surface area contributed by atoms with Gasteiger partial charge in [-0.15, -0.1) is 5.10 Å². The number of aliphatic hydroxyl groups excluding tert-OH is 1. The Labute approximate surface area is 185 Å².